The van der Waals surface area contributed by atoms with Gasteiger partial charge in [-0.25, -0.2) is 23.4 Å². The second kappa shape index (κ2) is 6.40. The number of benzene rings is 2. The molecule has 26 heavy (non-hydrogen) atoms. The normalized spacial score (nSPS) is 11.6. The fourth-order valence-corrected chi connectivity index (χ4v) is 3.81. The molecule has 0 aliphatic carbocycles. The van der Waals surface area contributed by atoms with Crippen LogP contribution in [0, 0.1) is 0 Å². The van der Waals surface area contributed by atoms with Crippen LogP contribution in [0.5, 0.6) is 0 Å². The molecule has 2 aromatic heterocycles. The van der Waals surface area contributed by atoms with Crippen molar-refractivity contribution in [2.24, 2.45) is 0 Å². The molecule has 0 spiro atoms. The SMILES string of the molecule is O=S(=O)(Nc1ccc(Cl)cc1-n1cnc2ncncc21)c1ccccc1. The van der Waals surface area contributed by atoms with Gasteiger partial charge in [-0.05, 0) is 30.3 Å². The maximum absolute atomic E-state index is 12.7. The second-order valence-corrected chi connectivity index (χ2v) is 7.55. The van der Waals surface area contributed by atoms with Gasteiger partial charge in [-0.1, -0.05) is 29.8 Å². The molecule has 0 radical (unpaired) electrons. The molecule has 0 saturated carbocycles. The van der Waals surface area contributed by atoms with E-state index in [0.717, 1.165) is 0 Å². The van der Waals surface area contributed by atoms with Crippen LogP contribution >= 0.6 is 11.6 Å². The van der Waals surface area contributed by atoms with Crippen molar-refractivity contribution >= 4 is 38.5 Å². The van der Waals surface area contributed by atoms with Gasteiger partial charge in [0.15, 0.2) is 5.65 Å². The maximum Gasteiger partial charge on any atom is 0.261 e. The van der Waals surface area contributed by atoms with E-state index in [-0.39, 0.29) is 4.90 Å². The molecule has 0 atom stereocenters. The minimum atomic E-state index is -3.75. The van der Waals surface area contributed by atoms with Crippen LogP contribution in [0.3, 0.4) is 0 Å². The number of imidazole rings is 1. The average molecular weight is 386 g/mol. The molecule has 4 rings (SSSR count). The van der Waals surface area contributed by atoms with E-state index in [0.29, 0.717) is 27.6 Å². The van der Waals surface area contributed by atoms with Crippen molar-refractivity contribution in [3.8, 4) is 5.69 Å². The van der Waals surface area contributed by atoms with Gasteiger partial charge in [0.2, 0.25) is 0 Å². The van der Waals surface area contributed by atoms with Gasteiger partial charge in [0.05, 0.1) is 22.5 Å². The largest absolute Gasteiger partial charge is 0.294 e. The Balaban J connectivity index is 1.84. The number of rotatable bonds is 4. The number of anilines is 1. The number of fused-ring (bicyclic) bond motifs is 1. The molecular formula is C17H12ClN5O2S. The number of aromatic nitrogens is 4. The smallest absolute Gasteiger partial charge is 0.261 e. The van der Waals surface area contributed by atoms with Gasteiger partial charge in [0.1, 0.15) is 18.2 Å². The molecule has 9 heteroatoms. The van der Waals surface area contributed by atoms with Crippen LogP contribution in [0.2, 0.25) is 5.02 Å². The van der Waals surface area contributed by atoms with Crippen LogP contribution in [0.25, 0.3) is 16.9 Å². The standard InChI is InChI=1S/C17H12ClN5O2S/c18-12-6-7-14(22-26(24,25)13-4-2-1-3-5-13)15(8-12)23-11-21-17-16(23)9-19-10-20-17/h1-11,22H. The van der Waals surface area contributed by atoms with Crippen molar-refractivity contribution in [3.63, 3.8) is 0 Å². The van der Waals surface area contributed by atoms with E-state index >= 15 is 0 Å². The third-order valence-electron chi connectivity index (χ3n) is 3.74. The van der Waals surface area contributed by atoms with E-state index < -0.39 is 10.0 Å². The average Bonchev–Trinajstić information content (AvgIpc) is 3.08. The molecule has 130 valence electrons. The van der Waals surface area contributed by atoms with Crippen LogP contribution < -0.4 is 4.72 Å². The van der Waals surface area contributed by atoms with Crippen molar-refractivity contribution in [1.29, 1.82) is 0 Å². The number of nitrogens with one attached hydrogen (secondary N) is 1. The minimum Gasteiger partial charge on any atom is -0.294 e. The Morgan fingerprint density at radius 3 is 2.65 bits per heavy atom. The predicted octanol–water partition coefficient (Wildman–Crippen LogP) is 3.27. The molecule has 0 fully saturated rings. The Hall–Kier alpha value is -2.97. The lowest BCUT2D eigenvalue weighted by Crippen LogP contribution is -2.14. The fraction of sp³-hybridized carbons (Fsp3) is 0. The van der Waals surface area contributed by atoms with Gasteiger partial charge < -0.3 is 0 Å². The van der Waals surface area contributed by atoms with E-state index in [1.807, 2.05) is 0 Å². The lowest BCUT2D eigenvalue weighted by atomic mass is 10.2. The Kier molecular flexibility index (Phi) is 4.06. The third-order valence-corrected chi connectivity index (χ3v) is 5.36. The van der Waals surface area contributed by atoms with Gasteiger partial charge in [-0.3, -0.25) is 9.29 Å². The summed E-state index contributed by atoms with van der Waals surface area (Å²) in [5, 5.41) is 0.460. The summed E-state index contributed by atoms with van der Waals surface area (Å²) < 4.78 is 29.6. The molecule has 0 aliphatic heterocycles. The van der Waals surface area contributed by atoms with Gasteiger partial charge in [-0.15, -0.1) is 0 Å². The van der Waals surface area contributed by atoms with E-state index in [9.17, 15) is 8.42 Å². The quantitative estimate of drug-likeness (QED) is 0.582. The van der Waals surface area contributed by atoms with Crippen molar-refractivity contribution in [2.75, 3.05) is 4.72 Å². The summed E-state index contributed by atoms with van der Waals surface area (Å²) in [7, 11) is -3.75. The van der Waals surface area contributed by atoms with Gasteiger partial charge in [0, 0.05) is 5.02 Å². The third kappa shape index (κ3) is 3.00. The zero-order valence-electron chi connectivity index (χ0n) is 13.2. The summed E-state index contributed by atoms with van der Waals surface area (Å²) in [5.74, 6) is 0. The first kappa shape index (κ1) is 16.5. The Bertz CT molecular complexity index is 1190. The highest BCUT2D eigenvalue weighted by Crippen LogP contribution is 2.28. The first-order valence-corrected chi connectivity index (χ1v) is 9.41. The number of hydrogen-bond acceptors (Lipinski definition) is 5. The van der Waals surface area contributed by atoms with E-state index in [4.69, 9.17) is 11.6 Å². The highest BCUT2D eigenvalue weighted by atomic mass is 35.5. The molecule has 2 heterocycles. The van der Waals surface area contributed by atoms with Crippen LogP contribution in [-0.4, -0.2) is 27.9 Å². The van der Waals surface area contributed by atoms with E-state index in [1.54, 1.807) is 53.5 Å². The Morgan fingerprint density at radius 1 is 1.04 bits per heavy atom. The first-order chi connectivity index (χ1) is 12.5. The van der Waals surface area contributed by atoms with Crippen molar-refractivity contribution in [3.05, 3.63) is 72.4 Å². The number of halogens is 1. The molecule has 0 aliphatic rings. The zero-order chi connectivity index (χ0) is 18.1. The Labute approximate surface area is 154 Å². The van der Waals surface area contributed by atoms with Crippen LogP contribution in [-0.2, 0) is 10.0 Å². The highest BCUT2D eigenvalue weighted by Gasteiger charge is 2.18. The topological polar surface area (TPSA) is 89.8 Å². The van der Waals surface area contributed by atoms with Crippen LogP contribution in [0.1, 0.15) is 0 Å². The first-order valence-electron chi connectivity index (χ1n) is 7.55. The Morgan fingerprint density at radius 2 is 1.85 bits per heavy atom. The molecule has 0 saturated heterocycles. The number of nitrogens with zero attached hydrogens (tertiary/aromatic N) is 4. The summed E-state index contributed by atoms with van der Waals surface area (Å²) in [4.78, 5) is 12.5. The molecule has 0 unspecified atom stereocenters. The molecule has 2 aromatic carbocycles. The molecule has 1 N–H and O–H groups in total. The molecule has 4 aromatic rings. The second-order valence-electron chi connectivity index (χ2n) is 5.43. The number of hydrogen-bond donors (Lipinski definition) is 1. The summed E-state index contributed by atoms with van der Waals surface area (Å²) >= 11 is 6.13. The van der Waals surface area contributed by atoms with Gasteiger partial charge >= 0.3 is 0 Å². The molecule has 7 nitrogen and oxygen atoms in total. The summed E-state index contributed by atoms with van der Waals surface area (Å²) in [6.07, 6.45) is 4.55. The maximum atomic E-state index is 12.7. The summed E-state index contributed by atoms with van der Waals surface area (Å²) in [6, 6.07) is 13.0. The van der Waals surface area contributed by atoms with Crippen molar-refractivity contribution in [2.45, 2.75) is 4.90 Å². The lowest BCUT2D eigenvalue weighted by Gasteiger charge is -2.14. The lowest BCUT2D eigenvalue weighted by molar-refractivity contribution is 0.601. The molecule has 0 amide bonds. The van der Waals surface area contributed by atoms with Gasteiger partial charge in [0.25, 0.3) is 10.0 Å². The van der Waals surface area contributed by atoms with Crippen LogP contribution in [0.4, 0.5) is 5.69 Å². The summed E-state index contributed by atoms with van der Waals surface area (Å²) in [5.41, 5.74) is 2.02. The molecule has 0 bridgehead atoms. The number of sulfonamides is 1. The van der Waals surface area contributed by atoms with E-state index in [2.05, 4.69) is 19.7 Å². The fourth-order valence-electron chi connectivity index (χ4n) is 2.55. The van der Waals surface area contributed by atoms with E-state index in [1.165, 1.54) is 18.5 Å². The monoisotopic (exact) mass is 385 g/mol. The predicted molar refractivity (Wildman–Crippen MR) is 98.9 cm³/mol. The van der Waals surface area contributed by atoms with Crippen molar-refractivity contribution < 1.29 is 8.42 Å². The molecular weight excluding hydrogens is 374 g/mol. The van der Waals surface area contributed by atoms with Crippen LogP contribution in [0.15, 0.2) is 72.3 Å². The van der Waals surface area contributed by atoms with Gasteiger partial charge in [-0.2, -0.15) is 0 Å². The van der Waals surface area contributed by atoms with Crippen molar-refractivity contribution in [1.82, 2.24) is 19.5 Å². The highest BCUT2D eigenvalue weighted by molar-refractivity contribution is 7.92. The summed E-state index contributed by atoms with van der Waals surface area (Å²) in [6.45, 7) is 0. The minimum absolute atomic E-state index is 0.166. The zero-order valence-corrected chi connectivity index (χ0v) is 14.8.